The van der Waals surface area contributed by atoms with Gasteiger partial charge in [-0.15, -0.1) is 0 Å². The van der Waals surface area contributed by atoms with Crippen LogP contribution in [0.5, 0.6) is 5.75 Å². The van der Waals surface area contributed by atoms with Crippen molar-refractivity contribution in [2.24, 2.45) is 0 Å². The van der Waals surface area contributed by atoms with E-state index in [9.17, 15) is 0 Å². The molecule has 0 N–H and O–H groups in total. The first-order chi connectivity index (χ1) is 5.24. The molecule has 0 fully saturated rings. The van der Waals surface area contributed by atoms with Crippen LogP contribution in [0.4, 0.5) is 0 Å². The van der Waals surface area contributed by atoms with Gasteiger partial charge in [-0.25, -0.2) is 0 Å². The molecule has 0 atom stereocenters. The van der Waals surface area contributed by atoms with E-state index in [1.54, 1.807) is 0 Å². The maximum Gasteiger partial charge on any atom is 0.132 e. The Hall–Kier alpha value is 0.480. The predicted octanol–water partition coefficient (Wildman–Crippen LogP) is 3.29. The molecular weight excluding hydrogens is 366 g/mol. The molecular formula is C8H8I2O. The summed E-state index contributed by atoms with van der Waals surface area (Å²) < 4.78 is 7.80. The number of benzene rings is 1. The Bertz CT molecular complexity index is 248. The van der Waals surface area contributed by atoms with Crippen LogP contribution < -0.4 is 4.74 Å². The molecule has 3 heteroatoms. The number of hydrogen-bond acceptors (Lipinski definition) is 1. The van der Waals surface area contributed by atoms with Crippen molar-refractivity contribution in [3.05, 3.63) is 25.3 Å². The van der Waals surface area contributed by atoms with E-state index >= 15 is 0 Å². The van der Waals surface area contributed by atoms with Crippen LogP contribution in [0.25, 0.3) is 0 Å². The van der Waals surface area contributed by atoms with Crippen molar-refractivity contribution in [3.8, 4) is 5.75 Å². The Kier molecular flexibility index (Phi) is 3.91. The smallest absolute Gasteiger partial charge is 0.132 e. The van der Waals surface area contributed by atoms with E-state index in [0.717, 1.165) is 12.4 Å². The fourth-order valence-corrected chi connectivity index (χ4v) is 2.51. The second-order valence-electron chi connectivity index (χ2n) is 2.01. The van der Waals surface area contributed by atoms with Crippen molar-refractivity contribution < 1.29 is 4.74 Å². The minimum atomic E-state index is 0.733. The average molecular weight is 374 g/mol. The van der Waals surface area contributed by atoms with E-state index in [2.05, 4.69) is 51.2 Å². The SMILES string of the molecule is CCOc1ccc(I)cc1I. The fraction of sp³-hybridized carbons (Fsp3) is 0.250. The summed E-state index contributed by atoms with van der Waals surface area (Å²) in [6, 6.07) is 6.16. The van der Waals surface area contributed by atoms with Crippen molar-refractivity contribution >= 4 is 45.2 Å². The van der Waals surface area contributed by atoms with Crippen LogP contribution >= 0.6 is 45.2 Å². The third-order valence-electron chi connectivity index (χ3n) is 1.19. The highest BCUT2D eigenvalue weighted by atomic mass is 127. The lowest BCUT2D eigenvalue weighted by molar-refractivity contribution is 0.338. The van der Waals surface area contributed by atoms with Gasteiger partial charge in [0.25, 0.3) is 0 Å². The Morgan fingerprint density at radius 3 is 2.64 bits per heavy atom. The molecule has 0 aliphatic heterocycles. The van der Waals surface area contributed by atoms with Crippen LogP contribution in [-0.2, 0) is 0 Å². The highest BCUT2D eigenvalue weighted by Gasteiger charge is 1.98. The van der Waals surface area contributed by atoms with E-state index in [1.165, 1.54) is 7.14 Å². The highest BCUT2D eigenvalue weighted by Crippen LogP contribution is 2.22. The normalized spacial score (nSPS) is 9.73. The second-order valence-corrected chi connectivity index (χ2v) is 4.42. The van der Waals surface area contributed by atoms with Crippen LogP contribution in [-0.4, -0.2) is 6.61 Å². The van der Waals surface area contributed by atoms with Crippen molar-refractivity contribution in [2.45, 2.75) is 6.92 Å². The van der Waals surface area contributed by atoms with Gasteiger partial charge in [0.1, 0.15) is 5.75 Å². The van der Waals surface area contributed by atoms with Gasteiger partial charge in [-0.1, -0.05) is 0 Å². The van der Waals surface area contributed by atoms with Crippen molar-refractivity contribution in [1.82, 2.24) is 0 Å². The first kappa shape index (κ1) is 9.57. The summed E-state index contributed by atoms with van der Waals surface area (Å²) in [6.07, 6.45) is 0. The number of halogens is 2. The zero-order valence-electron chi connectivity index (χ0n) is 6.10. The van der Waals surface area contributed by atoms with Crippen LogP contribution in [0, 0.1) is 7.14 Å². The van der Waals surface area contributed by atoms with Gasteiger partial charge in [-0.05, 0) is 70.3 Å². The molecule has 60 valence electrons. The van der Waals surface area contributed by atoms with Crippen molar-refractivity contribution in [3.63, 3.8) is 0 Å². The summed E-state index contributed by atoms with van der Waals surface area (Å²) in [5, 5.41) is 0. The molecule has 0 radical (unpaired) electrons. The summed E-state index contributed by atoms with van der Waals surface area (Å²) in [5.41, 5.74) is 0. The van der Waals surface area contributed by atoms with E-state index in [1.807, 2.05) is 19.1 Å². The molecule has 0 unspecified atom stereocenters. The van der Waals surface area contributed by atoms with E-state index in [4.69, 9.17) is 4.74 Å². The third-order valence-corrected chi connectivity index (χ3v) is 2.71. The van der Waals surface area contributed by atoms with Crippen molar-refractivity contribution in [2.75, 3.05) is 6.61 Å². The summed E-state index contributed by atoms with van der Waals surface area (Å²) in [5.74, 6) is 0.980. The molecule has 11 heavy (non-hydrogen) atoms. The largest absolute Gasteiger partial charge is 0.493 e. The lowest BCUT2D eigenvalue weighted by Crippen LogP contribution is -1.93. The molecule has 1 nitrogen and oxygen atoms in total. The quantitative estimate of drug-likeness (QED) is 0.723. The standard InChI is InChI=1S/C8H8I2O/c1-2-11-8-4-3-6(9)5-7(8)10/h3-5H,2H2,1H3. The van der Waals surface area contributed by atoms with Gasteiger partial charge in [0, 0.05) is 3.57 Å². The Morgan fingerprint density at radius 2 is 2.09 bits per heavy atom. The first-order valence-corrected chi connectivity index (χ1v) is 5.47. The summed E-state index contributed by atoms with van der Waals surface area (Å²) in [7, 11) is 0. The molecule has 0 bridgehead atoms. The predicted molar refractivity (Wildman–Crippen MR) is 63.0 cm³/mol. The maximum absolute atomic E-state index is 5.38. The lowest BCUT2D eigenvalue weighted by Gasteiger charge is -2.04. The van der Waals surface area contributed by atoms with Gasteiger partial charge >= 0.3 is 0 Å². The van der Waals surface area contributed by atoms with E-state index in [-0.39, 0.29) is 0 Å². The minimum Gasteiger partial charge on any atom is -0.493 e. The Morgan fingerprint density at radius 1 is 1.36 bits per heavy atom. The molecule has 0 aromatic heterocycles. The molecule has 0 heterocycles. The maximum atomic E-state index is 5.38. The number of ether oxygens (including phenoxy) is 1. The topological polar surface area (TPSA) is 9.23 Å². The van der Waals surface area contributed by atoms with Gasteiger partial charge in [-0.3, -0.25) is 0 Å². The van der Waals surface area contributed by atoms with Crippen LogP contribution in [0.15, 0.2) is 18.2 Å². The van der Waals surface area contributed by atoms with Crippen LogP contribution in [0.2, 0.25) is 0 Å². The first-order valence-electron chi connectivity index (χ1n) is 3.32. The molecule has 1 aromatic rings. The summed E-state index contributed by atoms with van der Waals surface area (Å²) in [6.45, 7) is 2.73. The van der Waals surface area contributed by atoms with Crippen LogP contribution in [0.1, 0.15) is 6.92 Å². The molecule has 0 spiro atoms. The molecule has 0 aliphatic rings. The van der Waals surface area contributed by atoms with Gasteiger partial charge < -0.3 is 4.74 Å². The van der Waals surface area contributed by atoms with Gasteiger partial charge in [0.15, 0.2) is 0 Å². The zero-order valence-corrected chi connectivity index (χ0v) is 10.4. The Balaban J connectivity index is 2.90. The van der Waals surface area contributed by atoms with Gasteiger partial charge in [0.2, 0.25) is 0 Å². The van der Waals surface area contributed by atoms with Gasteiger partial charge in [0.05, 0.1) is 10.2 Å². The van der Waals surface area contributed by atoms with E-state index in [0.29, 0.717) is 0 Å². The molecule has 0 amide bonds. The highest BCUT2D eigenvalue weighted by molar-refractivity contribution is 14.1. The average Bonchev–Trinajstić information content (AvgIpc) is 1.95. The molecule has 0 saturated heterocycles. The lowest BCUT2D eigenvalue weighted by atomic mass is 10.3. The Labute approximate surface area is 93.8 Å². The summed E-state index contributed by atoms with van der Waals surface area (Å²) >= 11 is 4.57. The second kappa shape index (κ2) is 4.49. The van der Waals surface area contributed by atoms with Crippen molar-refractivity contribution in [1.29, 1.82) is 0 Å². The molecule has 0 aliphatic carbocycles. The number of rotatable bonds is 2. The minimum absolute atomic E-state index is 0.733. The van der Waals surface area contributed by atoms with E-state index < -0.39 is 0 Å². The molecule has 1 rings (SSSR count). The summed E-state index contributed by atoms with van der Waals surface area (Å²) in [4.78, 5) is 0. The zero-order chi connectivity index (χ0) is 8.27. The third kappa shape index (κ3) is 2.77. The number of hydrogen-bond donors (Lipinski definition) is 0. The monoisotopic (exact) mass is 374 g/mol. The molecule has 0 saturated carbocycles. The fourth-order valence-electron chi connectivity index (χ4n) is 0.748. The van der Waals surface area contributed by atoms with Crippen LogP contribution in [0.3, 0.4) is 0 Å². The molecule has 1 aromatic carbocycles. The van der Waals surface area contributed by atoms with Gasteiger partial charge in [-0.2, -0.15) is 0 Å².